The first-order valence-electron chi connectivity index (χ1n) is 7.01. The van der Waals surface area contributed by atoms with Gasteiger partial charge in [0.15, 0.2) is 18.1 Å². The van der Waals surface area contributed by atoms with Crippen LogP contribution in [-0.4, -0.2) is 19.6 Å². The highest BCUT2D eigenvalue weighted by Crippen LogP contribution is 2.29. The molecule has 0 unspecified atom stereocenters. The lowest BCUT2D eigenvalue weighted by atomic mass is 10.1. The van der Waals surface area contributed by atoms with Crippen LogP contribution in [0.15, 0.2) is 30.3 Å². The van der Waals surface area contributed by atoms with Gasteiger partial charge in [0.1, 0.15) is 5.82 Å². The van der Waals surface area contributed by atoms with Crippen LogP contribution in [0.3, 0.4) is 0 Å². The topological polar surface area (TPSA) is 18.5 Å². The molecule has 0 aromatic heterocycles. The predicted octanol–water partition coefficient (Wildman–Crippen LogP) is 4.68. The molecule has 7 heteroatoms. The molecule has 0 amide bonds. The van der Waals surface area contributed by atoms with Gasteiger partial charge in [-0.25, -0.2) is 13.2 Å². The average Bonchev–Trinajstić information content (AvgIpc) is 2.51. The van der Waals surface area contributed by atoms with E-state index in [1.165, 1.54) is 12.1 Å². The minimum Gasteiger partial charge on any atom is -0.494 e. The third kappa shape index (κ3) is 4.15. The van der Waals surface area contributed by atoms with Crippen molar-refractivity contribution in [2.24, 2.45) is 0 Å². The standard InChI is InChI=1S/C17H15F5O2/c1-10-3-4-11(12(18)7-10)8-17(21,22)9-24-14-6-5-13(23-2)15(19)16(14)20/h3-7H,8-9H2,1-2H3. The van der Waals surface area contributed by atoms with Crippen LogP contribution in [0.25, 0.3) is 0 Å². The Bertz CT molecular complexity index is 731. The molecule has 0 spiro atoms. The number of aryl methyl sites for hydroxylation is 1. The van der Waals surface area contributed by atoms with Crippen molar-refractivity contribution in [3.63, 3.8) is 0 Å². The van der Waals surface area contributed by atoms with Gasteiger partial charge in [0, 0.05) is 6.42 Å². The zero-order valence-corrected chi connectivity index (χ0v) is 13.0. The average molecular weight is 346 g/mol. The number of methoxy groups -OCH3 is 1. The first-order valence-corrected chi connectivity index (χ1v) is 7.01. The van der Waals surface area contributed by atoms with Gasteiger partial charge in [-0.3, -0.25) is 0 Å². The van der Waals surface area contributed by atoms with Crippen molar-refractivity contribution in [3.05, 3.63) is 58.9 Å². The number of hydrogen-bond donors (Lipinski definition) is 0. The molecule has 0 saturated carbocycles. The monoisotopic (exact) mass is 346 g/mol. The van der Waals surface area contributed by atoms with Crippen LogP contribution in [0.2, 0.25) is 0 Å². The number of halogens is 5. The normalized spacial score (nSPS) is 11.5. The Hall–Kier alpha value is -2.31. The van der Waals surface area contributed by atoms with Crippen LogP contribution < -0.4 is 9.47 Å². The zero-order chi connectivity index (χ0) is 17.9. The Labute approximate surface area is 135 Å². The maximum absolute atomic E-state index is 13.9. The molecular formula is C17H15F5O2. The van der Waals surface area contributed by atoms with Gasteiger partial charge in [-0.2, -0.15) is 8.78 Å². The zero-order valence-electron chi connectivity index (χ0n) is 13.0. The van der Waals surface area contributed by atoms with Crippen molar-refractivity contribution in [1.82, 2.24) is 0 Å². The second kappa shape index (κ2) is 7.07. The van der Waals surface area contributed by atoms with Gasteiger partial charge >= 0.3 is 0 Å². The molecule has 0 heterocycles. The predicted molar refractivity (Wildman–Crippen MR) is 78.2 cm³/mol. The molecule has 0 aliphatic rings. The van der Waals surface area contributed by atoms with Crippen LogP contribution in [0.5, 0.6) is 11.5 Å². The minimum absolute atomic E-state index is 0.185. The fourth-order valence-electron chi connectivity index (χ4n) is 2.09. The summed E-state index contributed by atoms with van der Waals surface area (Å²) in [6.45, 7) is 0.415. The van der Waals surface area contributed by atoms with E-state index in [0.29, 0.717) is 5.56 Å². The summed E-state index contributed by atoms with van der Waals surface area (Å²) < 4.78 is 77.9. The lowest BCUT2D eigenvalue weighted by Crippen LogP contribution is -2.29. The number of rotatable bonds is 6. The van der Waals surface area contributed by atoms with Crippen molar-refractivity contribution in [1.29, 1.82) is 0 Å². The van der Waals surface area contributed by atoms with E-state index in [0.717, 1.165) is 25.3 Å². The van der Waals surface area contributed by atoms with Gasteiger partial charge < -0.3 is 9.47 Å². The Morgan fingerprint density at radius 2 is 1.58 bits per heavy atom. The lowest BCUT2D eigenvalue weighted by molar-refractivity contribution is -0.0416. The molecule has 2 nitrogen and oxygen atoms in total. The van der Waals surface area contributed by atoms with Crippen LogP contribution >= 0.6 is 0 Å². The second-order valence-electron chi connectivity index (χ2n) is 5.31. The molecule has 0 aliphatic heterocycles. The second-order valence-corrected chi connectivity index (χ2v) is 5.31. The summed E-state index contributed by atoms with van der Waals surface area (Å²) >= 11 is 0. The number of ether oxygens (including phenoxy) is 2. The molecule has 2 aromatic rings. The highest BCUT2D eigenvalue weighted by atomic mass is 19.3. The molecule has 0 fully saturated rings. The van der Waals surface area contributed by atoms with Crippen molar-refractivity contribution in [2.75, 3.05) is 13.7 Å². The lowest BCUT2D eigenvalue weighted by Gasteiger charge is -2.18. The number of benzene rings is 2. The van der Waals surface area contributed by atoms with Gasteiger partial charge in [0.2, 0.25) is 11.6 Å². The van der Waals surface area contributed by atoms with E-state index in [1.54, 1.807) is 6.92 Å². The largest absolute Gasteiger partial charge is 0.494 e. The summed E-state index contributed by atoms with van der Waals surface area (Å²) in [7, 11) is 1.14. The summed E-state index contributed by atoms with van der Waals surface area (Å²) in [4.78, 5) is 0. The molecule has 130 valence electrons. The molecule has 2 aromatic carbocycles. The van der Waals surface area contributed by atoms with Gasteiger partial charge in [-0.05, 0) is 36.2 Å². The van der Waals surface area contributed by atoms with Crippen molar-refractivity contribution < 1.29 is 31.4 Å². The fourth-order valence-corrected chi connectivity index (χ4v) is 2.09. The number of hydrogen-bond acceptors (Lipinski definition) is 2. The highest BCUT2D eigenvalue weighted by Gasteiger charge is 2.32. The first-order chi connectivity index (χ1) is 11.2. The van der Waals surface area contributed by atoms with E-state index in [-0.39, 0.29) is 11.3 Å². The fraction of sp³-hybridized carbons (Fsp3) is 0.294. The maximum Gasteiger partial charge on any atom is 0.285 e. The Morgan fingerprint density at radius 1 is 0.958 bits per heavy atom. The Morgan fingerprint density at radius 3 is 2.21 bits per heavy atom. The van der Waals surface area contributed by atoms with Crippen LogP contribution in [0.1, 0.15) is 11.1 Å². The molecule has 0 N–H and O–H groups in total. The van der Waals surface area contributed by atoms with Gasteiger partial charge in [0.25, 0.3) is 5.92 Å². The summed E-state index contributed by atoms with van der Waals surface area (Å²) in [5.41, 5.74) is 0.419. The highest BCUT2D eigenvalue weighted by molar-refractivity contribution is 5.35. The van der Waals surface area contributed by atoms with Crippen LogP contribution in [0.4, 0.5) is 22.0 Å². The molecule has 0 atom stereocenters. The molecule has 24 heavy (non-hydrogen) atoms. The van der Waals surface area contributed by atoms with E-state index in [9.17, 15) is 22.0 Å². The van der Waals surface area contributed by atoms with Crippen LogP contribution in [0, 0.1) is 24.4 Å². The summed E-state index contributed by atoms with van der Waals surface area (Å²) in [5.74, 6) is -8.00. The molecule has 2 rings (SSSR count). The summed E-state index contributed by atoms with van der Waals surface area (Å²) in [6.07, 6.45) is -0.917. The van der Waals surface area contributed by atoms with Crippen molar-refractivity contribution in [3.8, 4) is 11.5 Å². The smallest absolute Gasteiger partial charge is 0.285 e. The summed E-state index contributed by atoms with van der Waals surface area (Å²) in [5, 5.41) is 0. The van der Waals surface area contributed by atoms with Gasteiger partial charge in [-0.1, -0.05) is 12.1 Å². The molecular weight excluding hydrogens is 331 g/mol. The van der Waals surface area contributed by atoms with E-state index in [1.807, 2.05) is 0 Å². The van der Waals surface area contributed by atoms with E-state index in [4.69, 9.17) is 0 Å². The van der Waals surface area contributed by atoms with E-state index < -0.39 is 42.2 Å². The third-order valence-corrected chi connectivity index (χ3v) is 3.33. The maximum atomic E-state index is 13.9. The molecule has 0 radical (unpaired) electrons. The van der Waals surface area contributed by atoms with Crippen molar-refractivity contribution >= 4 is 0 Å². The Balaban J connectivity index is 2.08. The SMILES string of the molecule is COc1ccc(OCC(F)(F)Cc2ccc(C)cc2F)c(F)c1F. The summed E-state index contributed by atoms with van der Waals surface area (Å²) in [6, 6.07) is 5.95. The number of alkyl halides is 2. The first kappa shape index (κ1) is 18.0. The quantitative estimate of drug-likeness (QED) is 0.707. The Kier molecular flexibility index (Phi) is 5.31. The van der Waals surface area contributed by atoms with E-state index in [2.05, 4.69) is 9.47 Å². The molecule has 0 saturated heterocycles. The third-order valence-electron chi connectivity index (χ3n) is 3.33. The molecule has 0 bridgehead atoms. The van der Waals surface area contributed by atoms with E-state index >= 15 is 0 Å². The van der Waals surface area contributed by atoms with Gasteiger partial charge in [0.05, 0.1) is 7.11 Å². The van der Waals surface area contributed by atoms with Gasteiger partial charge in [-0.15, -0.1) is 0 Å². The minimum atomic E-state index is -3.46. The van der Waals surface area contributed by atoms with Crippen LogP contribution in [-0.2, 0) is 6.42 Å². The molecule has 0 aliphatic carbocycles. The van der Waals surface area contributed by atoms with Crippen molar-refractivity contribution in [2.45, 2.75) is 19.3 Å².